The summed E-state index contributed by atoms with van der Waals surface area (Å²) in [6, 6.07) is 0. The van der Waals surface area contributed by atoms with Crippen LogP contribution in [-0.2, 0) is 21.2 Å². The fourth-order valence-corrected chi connectivity index (χ4v) is 2.78. The van der Waals surface area contributed by atoms with Gasteiger partial charge in [0, 0.05) is 27.1 Å². The third-order valence-corrected chi connectivity index (χ3v) is 4.55. The molecule has 0 atom stereocenters. The number of nitrogens with one attached hydrogen (secondary N) is 1. The number of aromatic amines is 1. The number of hydrogen-bond donors (Lipinski definition) is 1. The number of hydrogen-bond acceptors (Lipinski definition) is 4. The molecule has 0 aliphatic heterocycles. The third-order valence-electron chi connectivity index (χ3n) is 2.72. The Morgan fingerprint density at radius 3 is 2.42 bits per heavy atom. The Balaban J connectivity index is 2.98. The average Bonchev–Trinajstić information content (AvgIpc) is 2.84. The monoisotopic (exact) mass is 288 g/mol. The van der Waals surface area contributed by atoms with Crippen molar-refractivity contribution in [3.63, 3.8) is 0 Å². The summed E-state index contributed by atoms with van der Waals surface area (Å²) in [6.07, 6.45) is 1.91. The lowest BCUT2D eigenvalue weighted by molar-refractivity contribution is -0.128. The highest BCUT2D eigenvalue weighted by Gasteiger charge is 2.27. The normalized spacial score (nSPS) is 11.8. The maximum atomic E-state index is 12.3. The van der Waals surface area contributed by atoms with Gasteiger partial charge in [-0.05, 0) is 0 Å². The lowest BCUT2D eigenvalue weighted by Gasteiger charge is -2.20. The summed E-state index contributed by atoms with van der Waals surface area (Å²) in [7, 11) is -0.518. The molecule has 0 saturated heterocycles. The quantitative estimate of drug-likeness (QED) is 0.802. The lowest BCUT2D eigenvalue weighted by atomic mass is 10.5. The first-order valence-corrected chi connectivity index (χ1v) is 7.51. The van der Waals surface area contributed by atoms with E-state index in [-0.39, 0.29) is 24.0 Å². The molecule has 0 radical (unpaired) electrons. The van der Waals surface area contributed by atoms with E-state index < -0.39 is 10.0 Å². The molecule has 1 aromatic rings. The standard InChI is InChI=1S/C11H20N4O3S/c1-5-9-12-7-10(13-9)19(17,18)15(6-2)8-11(16)14(3)4/h7H,5-6,8H2,1-4H3,(H,12,13). The van der Waals surface area contributed by atoms with Crippen molar-refractivity contribution in [2.45, 2.75) is 25.3 Å². The second-order valence-electron chi connectivity index (χ2n) is 4.27. The minimum Gasteiger partial charge on any atom is -0.348 e. The number of sulfonamides is 1. The van der Waals surface area contributed by atoms with E-state index in [9.17, 15) is 13.2 Å². The number of aryl methyl sites for hydroxylation is 1. The van der Waals surface area contributed by atoms with Gasteiger partial charge in [-0.2, -0.15) is 4.31 Å². The zero-order chi connectivity index (χ0) is 14.6. The molecule has 0 spiro atoms. The molecule has 0 aliphatic carbocycles. The highest BCUT2D eigenvalue weighted by molar-refractivity contribution is 7.89. The molecular formula is C11H20N4O3S. The minimum absolute atomic E-state index is 0.0257. The van der Waals surface area contributed by atoms with Crippen LogP contribution in [0.5, 0.6) is 0 Å². The smallest absolute Gasteiger partial charge is 0.260 e. The van der Waals surface area contributed by atoms with Gasteiger partial charge in [0.05, 0.1) is 12.7 Å². The highest BCUT2D eigenvalue weighted by Crippen LogP contribution is 2.13. The van der Waals surface area contributed by atoms with E-state index in [4.69, 9.17) is 0 Å². The molecule has 0 saturated carbocycles. The van der Waals surface area contributed by atoms with Crippen LogP contribution in [-0.4, -0.2) is 60.7 Å². The number of aromatic nitrogens is 2. The Morgan fingerprint density at radius 1 is 1.37 bits per heavy atom. The van der Waals surface area contributed by atoms with Gasteiger partial charge in [0.1, 0.15) is 5.82 Å². The fraction of sp³-hybridized carbons (Fsp3) is 0.636. The van der Waals surface area contributed by atoms with Crippen molar-refractivity contribution in [3.05, 3.63) is 12.0 Å². The van der Waals surface area contributed by atoms with Gasteiger partial charge in [-0.15, -0.1) is 0 Å². The molecule has 8 heteroatoms. The second-order valence-corrected chi connectivity index (χ2v) is 6.17. The van der Waals surface area contributed by atoms with Crippen molar-refractivity contribution in [1.29, 1.82) is 0 Å². The predicted octanol–water partition coefficient (Wildman–Crippen LogP) is 0.0709. The van der Waals surface area contributed by atoms with Crippen molar-refractivity contribution in [2.75, 3.05) is 27.2 Å². The number of nitrogens with zero attached hydrogens (tertiary/aromatic N) is 3. The minimum atomic E-state index is -3.70. The average molecular weight is 288 g/mol. The van der Waals surface area contributed by atoms with Crippen molar-refractivity contribution in [1.82, 2.24) is 19.2 Å². The van der Waals surface area contributed by atoms with E-state index in [2.05, 4.69) is 9.97 Å². The van der Waals surface area contributed by atoms with Gasteiger partial charge in [0.2, 0.25) is 5.91 Å². The van der Waals surface area contributed by atoms with E-state index in [0.29, 0.717) is 12.2 Å². The van der Waals surface area contributed by atoms with Gasteiger partial charge < -0.3 is 9.88 Å². The number of rotatable bonds is 6. The molecule has 1 heterocycles. The Morgan fingerprint density at radius 2 is 2.00 bits per heavy atom. The first-order valence-electron chi connectivity index (χ1n) is 6.07. The maximum Gasteiger partial charge on any atom is 0.260 e. The van der Waals surface area contributed by atoms with Gasteiger partial charge in [-0.25, -0.2) is 13.4 Å². The fourth-order valence-electron chi connectivity index (χ4n) is 1.45. The molecule has 0 unspecified atom stereocenters. The van der Waals surface area contributed by atoms with E-state index in [1.807, 2.05) is 6.92 Å². The van der Waals surface area contributed by atoms with Crippen LogP contribution in [0.4, 0.5) is 0 Å². The van der Waals surface area contributed by atoms with Crippen LogP contribution in [0.25, 0.3) is 0 Å². The number of likely N-dealkylation sites (N-methyl/N-ethyl adjacent to an activating group) is 2. The lowest BCUT2D eigenvalue weighted by Crippen LogP contribution is -2.40. The van der Waals surface area contributed by atoms with Crippen molar-refractivity contribution in [2.24, 2.45) is 0 Å². The van der Waals surface area contributed by atoms with Gasteiger partial charge >= 0.3 is 0 Å². The SMILES string of the molecule is CCc1ncc(S(=O)(=O)N(CC)CC(=O)N(C)C)[nH]1. The molecule has 19 heavy (non-hydrogen) atoms. The van der Waals surface area contributed by atoms with Gasteiger partial charge in [0.25, 0.3) is 10.0 Å². The van der Waals surface area contributed by atoms with Gasteiger partial charge in [-0.3, -0.25) is 4.79 Å². The summed E-state index contributed by atoms with van der Waals surface area (Å²) in [5, 5.41) is 0.0257. The summed E-state index contributed by atoms with van der Waals surface area (Å²) in [4.78, 5) is 19.7. The zero-order valence-electron chi connectivity index (χ0n) is 11.7. The second kappa shape index (κ2) is 6.16. The van der Waals surface area contributed by atoms with Crippen LogP contribution in [0.2, 0.25) is 0 Å². The predicted molar refractivity (Wildman–Crippen MR) is 71.1 cm³/mol. The zero-order valence-corrected chi connectivity index (χ0v) is 12.5. The molecular weight excluding hydrogens is 268 g/mol. The van der Waals surface area contributed by atoms with E-state index >= 15 is 0 Å². The Labute approximate surface area is 113 Å². The molecule has 0 fully saturated rings. The van der Waals surface area contributed by atoms with Crippen LogP contribution >= 0.6 is 0 Å². The molecule has 7 nitrogen and oxygen atoms in total. The van der Waals surface area contributed by atoms with Gasteiger partial charge in [-0.1, -0.05) is 13.8 Å². The highest BCUT2D eigenvalue weighted by atomic mass is 32.2. The summed E-state index contributed by atoms with van der Waals surface area (Å²) >= 11 is 0. The van der Waals surface area contributed by atoms with Gasteiger partial charge in [0.15, 0.2) is 5.03 Å². The largest absolute Gasteiger partial charge is 0.348 e. The molecule has 1 aromatic heterocycles. The summed E-state index contributed by atoms with van der Waals surface area (Å²) < 4.78 is 25.8. The number of imidazole rings is 1. The molecule has 1 amide bonds. The van der Waals surface area contributed by atoms with Crippen LogP contribution in [0.1, 0.15) is 19.7 Å². The van der Waals surface area contributed by atoms with Crippen molar-refractivity contribution < 1.29 is 13.2 Å². The summed E-state index contributed by atoms with van der Waals surface area (Å²) in [5.74, 6) is 0.342. The summed E-state index contributed by atoms with van der Waals surface area (Å²) in [5.41, 5.74) is 0. The topological polar surface area (TPSA) is 86.4 Å². The third kappa shape index (κ3) is 3.54. The Kier molecular flexibility index (Phi) is 5.07. The van der Waals surface area contributed by atoms with Crippen LogP contribution < -0.4 is 0 Å². The molecule has 0 aliphatic rings. The van der Waals surface area contributed by atoms with E-state index in [1.54, 1.807) is 21.0 Å². The number of H-pyrrole nitrogens is 1. The number of amides is 1. The molecule has 108 valence electrons. The van der Waals surface area contributed by atoms with E-state index in [1.165, 1.54) is 11.1 Å². The molecule has 1 rings (SSSR count). The van der Waals surface area contributed by atoms with Crippen molar-refractivity contribution >= 4 is 15.9 Å². The first-order chi connectivity index (χ1) is 8.82. The Hall–Kier alpha value is -1.41. The van der Waals surface area contributed by atoms with E-state index in [0.717, 1.165) is 4.31 Å². The molecule has 0 aromatic carbocycles. The van der Waals surface area contributed by atoms with Crippen LogP contribution in [0, 0.1) is 0 Å². The van der Waals surface area contributed by atoms with Crippen LogP contribution in [0.3, 0.4) is 0 Å². The maximum absolute atomic E-state index is 12.3. The van der Waals surface area contributed by atoms with Crippen molar-refractivity contribution in [3.8, 4) is 0 Å². The summed E-state index contributed by atoms with van der Waals surface area (Å²) in [6.45, 7) is 3.62. The first kappa shape index (κ1) is 15.6. The number of carbonyl (C=O) groups is 1. The number of carbonyl (C=O) groups excluding carboxylic acids is 1. The van der Waals surface area contributed by atoms with Crippen LogP contribution in [0.15, 0.2) is 11.2 Å². The molecule has 1 N–H and O–H groups in total. The molecule has 0 bridgehead atoms. The Bertz CT molecular complexity index is 536.